The highest BCUT2D eigenvalue weighted by atomic mass is 16.6. The van der Waals surface area contributed by atoms with Crippen LogP contribution >= 0.6 is 0 Å². The van der Waals surface area contributed by atoms with Gasteiger partial charge in [-0.1, -0.05) is 6.07 Å². The second-order valence-corrected chi connectivity index (χ2v) is 3.37. The standard InChI is InChI=1S/C9H10N6O3/c1-18-7-5(3-2-4-6(7)15(16)17)8-12-13-9(10)14(8)11/h2-4H,11H2,1H3,(H2,10,13). The average molecular weight is 250 g/mol. The van der Waals surface area contributed by atoms with Crippen LogP contribution in [0, 0.1) is 10.1 Å². The molecule has 0 unspecified atom stereocenters. The second kappa shape index (κ2) is 4.20. The lowest BCUT2D eigenvalue weighted by Crippen LogP contribution is -2.13. The van der Waals surface area contributed by atoms with Crippen molar-refractivity contribution in [3.63, 3.8) is 0 Å². The summed E-state index contributed by atoms with van der Waals surface area (Å²) in [7, 11) is 1.33. The van der Waals surface area contributed by atoms with Gasteiger partial charge in [-0.3, -0.25) is 10.1 Å². The number of anilines is 1. The van der Waals surface area contributed by atoms with E-state index in [9.17, 15) is 10.1 Å². The summed E-state index contributed by atoms with van der Waals surface area (Å²) in [5, 5.41) is 18.2. The zero-order valence-electron chi connectivity index (χ0n) is 9.40. The number of aromatic nitrogens is 3. The topological polar surface area (TPSA) is 135 Å². The zero-order valence-corrected chi connectivity index (χ0v) is 9.40. The van der Waals surface area contributed by atoms with Gasteiger partial charge in [0.05, 0.1) is 17.6 Å². The summed E-state index contributed by atoms with van der Waals surface area (Å²) >= 11 is 0. The molecule has 2 aromatic rings. The Bertz CT molecular complexity index is 608. The molecule has 0 spiro atoms. The van der Waals surface area contributed by atoms with Crippen LogP contribution < -0.4 is 16.3 Å². The molecule has 1 aromatic heterocycles. The molecule has 18 heavy (non-hydrogen) atoms. The van der Waals surface area contributed by atoms with E-state index in [2.05, 4.69) is 10.2 Å². The van der Waals surface area contributed by atoms with Gasteiger partial charge in [-0.25, -0.2) is 4.68 Å². The normalized spacial score (nSPS) is 10.3. The molecular formula is C9H10N6O3. The first-order valence-electron chi connectivity index (χ1n) is 4.84. The number of hydrogen-bond acceptors (Lipinski definition) is 7. The molecule has 9 heteroatoms. The van der Waals surface area contributed by atoms with E-state index in [4.69, 9.17) is 16.3 Å². The Morgan fingerprint density at radius 2 is 2.17 bits per heavy atom. The second-order valence-electron chi connectivity index (χ2n) is 3.37. The summed E-state index contributed by atoms with van der Waals surface area (Å²) in [6.45, 7) is 0. The Morgan fingerprint density at radius 3 is 2.67 bits per heavy atom. The van der Waals surface area contributed by atoms with Gasteiger partial charge in [0.1, 0.15) is 0 Å². The Morgan fingerprint density at radius 1 is 1.44 bits per heavy atom. The molecule has 2 rings (SSSR count). The van der Waals surface area contributed by atoms with Crippen LogP contribution in [0.1, 0.15) is 0 Å². The van der Waals surface area contributed by atoms with Crippen molar-refractivity contribution in [1.29, 1.82) is 0 Å². The minimum atomic E-state index is -0.553. The number of nitrogens with zero attached hydrogens (tertiary/aromatic N) is 4. The third-order valence-corrected chi connectivity index (χ3v) is 2.36. The van der Waals surface area contributed by atoms with E-state index >= 15 is 0 Å². The molecule has 0 radical (unpaired) electrons. The molecule has 9 nitrogen and oxygen atoms in total. The fourth-order valence-corrected chi connectivity index (χ4v) is 1.55. The van der Waals surface area contributed by atoms with Crippen molar-refractivity contribution in [1.82, 2.24) is 14.9 Å². The molecule has 0 aliphatic rings. The van der Waals surface area contributed by atoms with Crippen LogP contribution in [-0.2, 0) is 0 Å². The largest absolute Gasteiger partial charge is 0.490 e. The number of nitrogens with two attached hydrogens (primary N) is 2. The Hall–Kier alpha value is -2.84. The minimum Gasteiger partial charge on any atom is -0.490 e. The van der Waals surface area contributed by atoms with Crippen molar-refractivity contribution in [2.75, 3.05) is 18.7 Å². The lowest BCUT2D eigenvalue weighted by Gasteiger charge is -2.07. The van der Waals surface area contributed by atoms with Crippen LogP contribution in [0.3, 0.4) is 0 Å². The number of nitro benzene ring substituents is 1. The number of hydrogen-bond donors (Lipinski definition) is 2. The molecule has 0 bridgehead atoms. The van der Waals surface area contributed by atoms with E-state index in [0.29, 0.717) is 5.56 Å². The molecule has 1 heterocycles. The van der Waals surface area contributed by atoms with Gasteiger partial charge in [-0.05, 0) is 6.07 Å². The predicted molar refractivity (Wildman–Crippen MR) is 63.2 cm³/mol. The van der Waals surface area contributed by atoms with Crippen LogP contribution in [0.15, 0.2) is 18.2 Å². The predicted octanol–water partition coefficient (Wildman–Crippen LogP) is 0.158. The third-order valence-electron chi connectivity index (χ3n) is 2.36. The van der Waals surface area contributed by atoms with E-state index in [1.54, 1.807) is 6.07 Å². The van der Waals surface area contributed by atoms with Crippen LogP contribution in [0.4, 0.5) is 11.6 Å². The van der Waals surface area contributed by atoms with Crippen molar-refractivity contribution in [2.24, 2.45) is 0 Å². The lowest BCUT2D eigenvalue weighted by molar-refractivity contribution is -0.385. The molecule has 0 aliphatic carbocycles. The molecule has 94 valence electrons. The number of nitro groups is 1. The SMILES string of the molecule is COc1c(-c2nnc(N)n2N)cccc1[N+](=O)[O-]. The van der Waals surface area contributed by atoms with E-state index in [0.717, 1.165) is 4.68 Å². The number of para-hydroxylation sites is 1. The van der Waals surface area contributed by atoms with Crippen molar-refractivity contribution < 1.29 is 9.66 Å². The van der Waals surface area contributed by atoms with Gasteiger partial charge in [0.15, 0.2) is 5.82 Å². The van der Waals surface area contributed by atoms with Crippen LogP contribution in [0.2, 0.25) is 0 Å². The van der Waals surface area contributed by atoms with Gasteiger partial charge in [0, 0.05) is 6.07 Å². The molecule has 0 atom stereocenters. The quantitative estimate of drug-likeness (QED) is 0.449. The van der Waals surface area contributed by atoms with Crippen molar-refractivity contribution in [3.8, 4) is 17.1 Å². The highest BCUT2D eigenvalue weighted by molar-refractivity contribution is 5.71. The number of methoxy groups -OCH3 is 1. The van der Waals surface area contributed by atoms with Crippen molar-refractivity contribution >= 4 is 11.6 Å². The molecule has 0 fully saturated rings. The van der Waals surface area contributed by atoms with E-state index in [-0.39, 0.29) is 23.2 Å². The molecule has 1 aromatic carbocycles. The smallest absolute Gasteiger partial charge is 0.311 e. The van der Waals surface area contributed by atoms with E-state index in [1.165, 1.54) is 19.2 Å². The summed E-state index contributed by atoms with van der Waals surface area (Å²) in [5.74, 6) is 5.87. The van der Waals surface area contributed by atoms with Gasteiger partial charge in [0.2, 0.25) is 11.7 Å². The number of benzene rings is 1. The average Bonchev–Trinajstić information content (AvgIpc) is 2.69. The number of rotatable bonds is 3. The summed E-state index contributed by atoms with van der Waals surface area (Å²) < 4.78 is 6.07. The van der Waals surface area contributed by atoms with Gasteiger partial charge < -0.3 is 16.3 Å². The minimum absolute atomic E-state index is 0.00133. The van der Waals surface area contributed by atoms with Crippen LogP contribution in [0.25, 0.3) is 11.4 Å². The summed E-state index contributed by atoms with van der Waals surface area (Å²) in [6, 6.07) is 4.41. The summed E-state index contributed by atoms with van der Waals surface area (Å²) in [6.07, 6.45) is 0. The molecule has 0 saturated heterocycles. The van der Waals surface area contributed by atoms with Crippen molar-refractivity contribution in [2.45, 2.75) is 0 Å². The van der Waals surface area contributed by atoms with Crippen LogP contribution in [-0.4, -0.2) is 26.9 Å². The van der Waals surface area contributed by atoms with Gasteiger partial charge in [-0.2, -0.15) is 0 Å². The Kier molecular flexibility index (Phi) is 2.72. The zero-order chi connectivity index (χ0) is 13.3. The van der Waals surface area contributed by atoms with Gasteiger partial charge >= 0.3 is 5.69 Å². The maximum Gasteiger partial charge on any atom is 0.311 e. The molecule has 0 saturated carbocycles. The summed E-state index contributed by atoms with van der Waals surface area (Å²) in [5.41, 5.74) is 5.62. The maximum atomic E-state index is 10.9. The summed E-state index contributed by atoms with van der Waals surface area (Å²) in [4.78, 5) is 10.3. The monoisotopic (exact) mass is 250 g/mol. The van der Waals surface area contributed by atoms with Crippen LogP contribution in [0.5, 0.6) is 5.75 Å². The fraction of sp³-hybridized carbons (Fsp3) is 0.111. The molecule has 0 amide bonds. The first kappa shape index (κ1) is 11.6. The first-order valence-corrected chi connectivity index (χ1v) is 4.84. The van der Waals surface area contributed by atoms with Crippen molar-refractivity contribution in [3.05, 3.63) is 28.3 Å². The first-order chi connectivity index (χ1) is 8.56. The van der Waals surface area contributed by atoms with Gasteiger partial charge in [0.25, 0.3) is 0 Å². The van der Waals surface area contributed by atoms with E-state index < -0.39 is 4.92 Å². The highest BCUT2D eigenvalue weighted by Crippen LogP contribution is 2.36. The molecule has 4 N–H and O–H groups in total. The van der Waals surface area contributed by atoms with E-state index in [1.807, 2.05) is 0 Å². The Labute approximate surface area is 101 Å². The maximum absolute atomic E-state index is 10.9. The number of ether oxygens (including phenoxy) is 1. The fourth-order valence-electron chi connectivity index (χ4n) is 1.55. The Balaban J connectivity index is 2.68. The highest BCUT2D eigenvalue weighted by Gasteiger charge is 2.22. The molecular weight excluding hydrogens is 240 g/mol. The van der Waals surface area contributed by atoms with Gasteiger partial charge in [-0.15, -0.1) is 10.2 Å². The lowest BCUT2D eigenvalue weighted by atomic mass is 10.1. The number of nitrogen functional groups attached to an aromatic ring is 2. The third kappa shape index (κ3) is 1.67. The molecule has 0 aliphatic heterocycles.